The van der Waals surface area contributed by atoms with Gasteiger partial charge in [0.1, 0.15) is 0 Å². The number of carbonyl (C=O) groups is 1. The van der Waals surface area contributed by atoms with E-state index in [2.05, 4.69) is 4.57 Å². The van der Waals surface area contributed by atoms with E-state index in [1.54, 1.807) is 11.0 Å². The second-order valence-electron chi connectivity index (χ2n) is 6.15. The van der Waals surface area contributed by atoms with Crippen LogP contribution in [0.25, 0.3) is 10.9 Å². The van der Waals surface area contributed by atoms with Crippen molar-refractivity contribution in [2.45, 2.75) is 32.1 Å². The third-order valence-electron chi connectivity index (χ3n) is 4.80. The molecule has 1 unspecified atom stereocenters. The Hall–Kier alpha value is -2.04. The molecular weight excluding hydrogens is 281 g/mol. The van der Waals surface area contributed by atoms with Gasteiger partial charge in [-0.25, -0.2) is 9.18 Å². The van der Waals surface area contributed by atoms with Crippen LogP contribution in [0.5, 0.6) is 0 Å². The number of nitrogens with zero attached hydrogens (tertiary/aromatic N) is 3. The van der Waals surface area contributed by atoms with Crippen LogP contribution in [0.3, 0.4) is 0 Å². The number of hydrogen-bond acceptors (Lipinski definition) is 1. The number of urea groups is 1. The van der Waals surface area contributed by atoms with Gasteiger partial charge in [-0.1, -0.05) is 18.2 Å². The number of carbonyl (C=O) groups excluding carboxylic acids is 1. The van der Waals surface area contributed by atoms with Crippen LogP contribution in [0.2, 0.25) is 0 Å². The van der Waals surface area contributed by atoms with Crippen molar-refractivity contribution in [2.75, 3.05) is 19.6 Å². The summed E-state index contributed by atoms with van der Waals surface area (Å²) in [7, 11) is 0. The molecule has 3 heterocycles. The number of benzene rings is 1. The lowest BCUT2D eigenvalue weighted by atomic mass is 10.1. The van der Waals surface area contributed by atoms with Crippen LogP contribution in [0.4, 0.5) is 9.18 Å². The van der Waals surface area contributed by atoms with E-state index in [0.717, 1.165) is 43.3 Å². The van der Waals surface area contributed by atoms with E-state index < -0.39 is 6.30 Å². The smallest absolute Gasteiger partial charge is 0.322 e. The van der Waals surface area contributed by atoms with Crippen molar-refractivity contribution < 1.29 is 9.18 Å². The maximum Gasteiger partial charge on any atom is 0.322 e. The Balaban J connectivity index is 1.68. The minimum absolute atomic E-state index is 0.157. The highest BCUT2D eigenvalue weighted by atomic mass is 19.1. The van der Waals surface area contributed by atoms with E-state index in [4.69, 9.17) is 0 Å². The second-order valence-corrected chi connectivity index (χ2v) is 6.15. The Bertz CT molecular complexity index is 705. The van der Waals surface area contributed by atoms with Crippen LogP contribution in [-0.2, 0) is 6.54 Å². The van der Waals surface area contributed by atoms with Crippen LogP contribution >= 0.6 is 0 Å². The normalized spacial score (nSPS) is 22.0. The molecule has 2 amide bonds. The highest BCUT2D eigenvalue weighted by molar-refractivity contribution is 5.85. The van der Waals surface area contributed by atoms with Crippen molar-refractivity contribution in [3.63, 3.8) is 0 Å². The lowest BCUT2D eigenvalue weighted by molar-refractivity contribution is 0.0762. The topological polar surface area (TPSA) is 28.5 Å². The average Bonchev–Trinajstić information content (AvgIpc) is 2.92. The molecule has 1 fully saturated rings. The number of likely N-dealkylation sites (tertiary alicyclic amines) is 1. The zero-order valence-corrected chi connectivity index (χ0v) is 12.5. The van der Waals surface area contributed by atoms with E-state index in [-0.39, 0.29) is 6.03 Å². The SMILES string of the molecule is O=C(N1CCCCC1)N1CCn2ccc3cccc(c32)C1F. The van der Waals surface area contributed by atoms with Gasteiger partial charge >= 0.3 is 6.03 Å². The van der Waals surface area contributed by atoms with Crippen LogP contribution in [-0.4, -0.2) is 40.0 Å². The molecule has 116 valence electrons. The number of aromatic nitrogens is 1. The van der Waals surface area contributed by atoms with Gasteiger partial charge in [-0.3, -0.25) is 4.90 Å². The maximum atomic E-state index is 15.1. The fourth-order valence-electron chi connectivity index (χ4n) is 3.63. The van der Waals surface area contributed by atoms with Gasteiger partial charge in [0.2, 0.25) is 6.30 Å². The molecule has 0 radical (unpaired) electrons. The van der Waals surface area contributed by atoms with Crippen molar-refractivity contribution in [3.05, 3.63) is 36.0 Å². The van der Waals surface area contributed by atoms with Gasteiger partial charge in [-0.05, 0) is 25.3 Å². The lowest BCUT2D eigenvalue weighted by Crippen LogP contribution is -2.46. The zero-order valence-electron chi connectivity index (χ0n) is 12.5. The molecule has 4 nitrogen and oxygen atoms in total. The Morgan fingerprint density at radius 1 is 1.05 bits per heavy atom. The number of amides is 2. The van der Waals surface area contributed by atoms with Gasteiger partial charge in [-0.2, -0.15) is 0 Å². The van der Waals surface area contributed by atoms with Crippen molar-refractivity contribution in [1.29, 1.82) is 0 Å². The summed E-state index contributed by atoms with van der Waals surface area (Å²) >= 11 is 0. The number of para-hydroxylation sites is 1. The molecule has 0 N–H and O–H groups in total. The third kappa shape index (κ3) is 2.07. The van der Waals surface area contributed by atoms with Gasteiger partial charge in [0.15, 0.2) is 0 Å². The standard InChI is InChI=1S/C17H20FN3O/c18-16-14-6-4-5-13-7-10-19(15(13)14)11-12-21(16)17(22)20-8-2-1-3-9-20/h4-7,10,16H,1-3,8-9,11-12H2. The third-order valence-corrected chi connectivity index (χ3v) is 4.80. The average molecular weight is 301 g/mol. The monoisotopic (exact) mass is 301 g/mol. The molecule has 1 aromatic heterocycles. The maximum absolute atomic E-state index is 15.1. The molecule has 4 rings (SSSR count). The highest BCUT2D eigenvalue weighted by Crippen LogP contribution is 2.33. The van der Waals surface area contributed by atoms with Crippen LogP contribution in [0.15, 0.2) is 30.5 Å². The molecule has 1 saturated heterocycles. The minimum atomic E-state index is -1.37. The minimum Gasteiger partial charge on any atom is -0.345 e. The van der Waals surface area contributed by atoms with Gasteiger partial charge < -0.3 is 9.47 Å². The molecule has 0 bridgehead atoms. The van der Waals surface area contributed by atoms with E-state index in [9.17, 15) is 4.79 Å². The zero-order chi connectivity index (χ0) is 15.1. The van der Waals surface area contributed by atoms with E-state index in [1.165, 1.54) is 4.90 Å². The molecule has 5 heteroatoms. The first-order valence-electron chi connectivity index (χ1n) is 8.03. The molecule has 1 aromatic carbocycles. The van der Waals surface area contributed by atoms with Crippen LogP contribution < -0.4 is 0 Å². The number of hydrogen-bond donors (Lipinski definition) is 0. The fraction of sp³-hybridized carbons (Fsp3) is 0.471. The largest absolute Gasteiger partial charge is 0.345 e. The molecule has 22 heavy (non-hydrogen) atoms. The summed E-state index contributed by atoms with van der Waals surface area (Å²) in [4.78, 5) is 15.9. The Morgan fingerprint density at radius 2 is 1.86 bits per heavy atom. The number of piperidine rings is 1. The Labute approximate surface area is 129 Å². The van der Waals surface area contributed by atoms with Gasteiger partial charge in [-0.15, -0.1) is 0 Å². The summed E-state index contributed by atoms with van der Waals surface area (Å²) in [6.07, 6.45) is 3.82. The molecule has 1 atom stereocenters. The van der Waals surface area contributed by atoms with Crippen molar-refractivity contribution in [1.82, 2.24) is 14.4 Å². The lowest BCUT2D eigenvalue weighted by Gasteiger charge is -2.34. The first-order valence-corrected chi connectivity index (χ1v) is 8.03. The number of rotatable bonds is 0. The van der Waals surface area contributed by atoms with Crippen molar-refractivity contribution >= 4 is 16.9 Å². The second kappa shape index (κ2) is 5.30. The Morgan fingerprint density at radius 3 is 2.68 bits per heavy atom. The summed E-state index contributed by atoms with van der Waals surface area (Å²) in [5.74, 6) is 0. The van der Waals surface area contributed by atoms with E-state index in [1.807, 2.05) is 24.4 Å². The first kappa shape index (κ1) is 13.6. The van der Waals surface area contributed by atoms with Crippen LogP contribution in [0, 0.1) is 0 Å². The summed E-state index contributed by atoms with van der Waals surface area (Å²) in [5.41, 5.74) is 1.52. The predicted molar refractivity (Wildman–Crippen MR) is 83.3 cm³/mol. The van der Waals surface area contributed by atoms with Gasteiger partial charge in [0, 0.05) is 43.3 Å². The summed E-state index contributed by atoms with van der Waals surface area (Å²) in [5, 5.41) is 1.03. The quantitative estimate of drug-likeness (QED) is 0.684. The Kier molecular flexibility index (Phi) is 3.28. The molecular formula is C17H20FN3O. The summed E-state index contributed by atoms with van der Waals surface area (Å²) < 4.78 is 17.2. The molecule has 2 aliphatic heterocycles. The van der Waals surface area contributed by atoms with E-state index in [0.29, 0.717) is 18.7 Å². The molecule has 2 aromatic rings. The van der Waals surface area contributed by atoms with E-state index >= 15 is 4.39 Å². The molecule has 0 spiro atoms. The van der Waals surface area contributed by atoms with Gasteiger partial charge in [0.25, 0.3) is 0 Å². The fourth-order valence-corrected chi connectivity index (χ4v) is 3.63. The molecule has 2 aliphatic rings. The summed E-state index contributed by atoms with van der Waals surface area (Å²) in [6.45, 7) is 2.55. The first-order chi connectivity index (χ1) is 10.8. The number of alkyl halides is 1. The van der Waals surface area contributed by atoms with Crippen molar-refractivity contribution in [2.24, 2.45) is 0 Å². The highest BCUT2D eigenvalue weighted by Gasteiger charge is 2.32. The van der Waals surface area contributed by atoms with Gasteiger partial charge in [0.05, 0.1) is 5.52 Å². The summed E-state index contributed by atoms with van der Waals surface area (Å²) in [6, 6.07) is 7.50. The molecule has 0 saturated carbocycles. The molecule has 0 aliphatic carbocycles. The number of halogens is 1. The van der Waals surface area contributed by atoms with Crippen molar-refractivity contribution in [3.8, 4) is 0 Å². The van der Waals surface area contributed by atoms with Crippen LogP contribution in [0.1, 0.15) is 31.1 Å². The predicted octanol–water partition coefficient (Wildman–Crippen LogP) is 3.53.